The van der Waals surface area contributed by atoms with Gasteiger partial charge in [0.05, 0.1) is 13.2 Å². The summed E-state index contributed by atoms with van der Waals surface area (Å²) in [5.41, 5.74) is 3.91. The molecule has 0 spiro atoms. The number of aromatic nitrogens is 2. The number of ether oxygens (including phenoxy) is 2. The average Bonchev–Trinajstić information content (AvgIpc) is 3.19. The Kier molecular flexibility index (Phi) is 5.90. The van der Waals surface area contributed by atoms with Crippen molar-refractivity contribution in [2.45, 2.75) is 26.8 Å². The zero-order valence-corrected chi connectivity index (χ0v) is 18.0. The van der Waals surface area contributed by atoms with E-state index in [1.54, 1.807) is 6.20 Å². The molecule has 0 aliphatic carbocycles. The van der Waals surface area contributed by atoms with Gasteiger partial charge in [0.1, 0.15) is 0 Å². The Bertz CT molecular complexity index is 1100. The second-order valence-electron chi connectivity index (χ2n) is 7.09. The Morgan fingerprint density at radius 1 is 1.07 bits per heavy atom. The largest absolute Gasteiger partial charge is 0.490 e. The SMILES string of the molecule is CCOc1cc2c(cc1OCC)CN(C(=O)c1ccc(-n3cc[nH]c3=S)cc1)CC2. The highest BCUT2D eigenvalue weighted by atomic mass is 32.1. The van der Waals surface area contributed by atoms with Gasteiger partial charge in [0.25, 0.3) is 5.91 Å². The quantitative estimate of drug-likeness (QED) is 0.592. The number of rotatable bonds is 6. The van der Waals surface area contributed by atoms with E-state index in [4.69, 9.17) is 21.7 Å². The highest BCUT2D eigenvalue weighted by Gasteiger charge is 2.24. The number of imidazole rings is 1. The van der Waals surface area contributed by atoms with Gasteiger partial charge in [-0.1, -0.05) is 0 Å². The number of nitrogens with one attached hydrogen (secondary N) is 1. The van der Waals surface area contributed by atoms with Crippen LogP contribution in [0.3, 0.4) is 0 Å². The number of aromatic amines is 1. The minimum atomic E-state index is 0.0247. The summed E-state index contributed by atoms with van der Waals surface area (Å²) in [6.07, 6.45) is 4.46. The molecule has 156 valence electrons. The highest BCUT2D eigenvalue weighted by molar-refractivity contribution is 7.71. The summed E-state index contributed by atoms with van der Waals surface area (Å²) in [5, 5.41) is 0. The molecule has 7 heteroatoms. The molecule has 1 aromatic heterocycles. The number of hydrogen-bond donors (Lipinski definition) is 1. The molecule has 0 saturated carbocycles. The van der Waals surface area contributed by atoms with E-state index in [1.807, 2.05) is 59.8 Å². The molecule has 1 aliphatic heterocycles. The molecule has 2 heterocycles. The van der Waals surface area contributed by atoms with Crippen LogP contribution in [0.4, 0.5) is 0 Å². The summed E-state index contributed by atoms with van der Waals surface area (Å²) in [6.45, 7) is 6.31. The van der Waals surface area contributed by atoms with E-state index in [0.29, 0.717) is 36.6 Å². The van der Waals surface area contributed by atoms with Gasteiger partial charge in [0.15, 0.2) is 16.3 Å². The van der Waals surface area contributed by atoms with Crippen molar-refractivity contribution in [1.82, 2.24) is 14.5 Å². The number of benzene rings is 2. The molecule has 0 radical (unpaired) electrons. The summed E-state index contributed by atoms with van der Waals surface area (Å²) >= 11 is 5.26. The zero-order chi connectivity index (χ0) is 21.1. The number of hydrogen-bond acceptors (Lipinski definition) is 4. The third kappa shape index (κ3) is 3.98. The summed E-state index contributed by atoms with van der Waals surface area (Å²) in [7, 11) is 0. The lowest BCUT2D eigenvalue weighted by atomic mass is 9.98. The molecule has 1 amide bonds. The Balaban J connectivity index is 1.54. The van der Waals surface area contributed by atoms with Crippen molar-refractivity contribution < 1.29 is 14.3 Å². The predicted molar refractivity (Wildman–Crippen MR) is 118 cm³/mol. The lowest BCUT2D eigenvalue weighted by Crippen LogP contribution is -2.36. The molecular weight excluding hydrogens is 398 g/mol. The number of amides is 1. The van der Waals surface area contributed by atoms with E-state index < -0.39 is 0 Å². The van der Waals surface area contributed by atoms with Crippen LogP contribution in [0, 0.1) is 4.77 Å². The fraction of sp³-hybridized carbons (Fsp3) is 0.304. The third-order valence-electron chi connectivity index (χ3n) is 5.21. The fourth-order valence-electron chi connectivity index (χ4n) is 3.74. The van der Waals surface area contributed by atoms with Crippen molar-refractivity contribution in [3.8, 4) is 17.2 Å². The van der Waals surface area contributed by atoms with E-state index in [2.05, 4.69) is 11.1 Å². The van der Waals surface area contributed by atoms with Crippen LogP contribution >= 0.6 is 12.2 Å². The van der Waals surface area contributed by atoms with Gasteiger partial charge < -0.3 is 19.4 Å². The molecule has 30 heavy (non-hydrogen) atoms. The first-order valence-corrected chi connectivity index (χ1v) is 10.6. The Hall–Kier alpha value is -3.06. The molecule has 3 aromatic rings. The lowest BCUT2D eigenvalue weighted by molar-refractivity contribution is 0.0734. The highest BCUT2D eigenvalue weighted by Crippen LogP contribution is 2.34. The molecule has 0 saturated heterocycles. The predicted octanol–water partition coefficient (Wildman–Crippen LogP) is 4.53. The minimum Gasteiger partial charge on any atom is -0.490 e. The molecule has 1 aliphatic rings. The van der Waals surface area contributed by atoms with Crippen LogP contribution in [-0.2, 0) is 13.0 Å². The number of H-pyrrole nitrogens is 1. The first-order valence-electron chi connectivity index (χ1n) is 10.2. The molecule has 6 nitrogen and oxygen atoms in total. The van der Waals surface area contributed by atoms with Crippen molar-refractivity contribution in [2.75, 3.05) is 19.8 Å². The van der Waals surface area contributed by atoms with E-state index in [9.17, 15) is 4.79 Å². The fourth-order valence-corrected chi connectivity index (χ4v) is 3.98. The summed E-state index contributed by atoms with van der Waals surface area (Å²) in [6, 6.07) is 11.6. The van der Waals surface area contributed by atoms with E-state index in [1.165, 1.54) is 5.56 Å². The summed E-state index contributed by atoms with van der Waals surface area (Å²) in [4.78, 5) is 17.9. The Morgan fingerprint density at radius 3 is 2.33 bits per heavy atom. The van der Waals surface area contributed by atoms with Gasteiger partial charge >= 0.3 is 0 Å². The molecular formula is C23H25N3O3S. The Morgan fingerprint density at radius 2 is 1.73 bits per heavy atom. The van der Waals surface area contributed by atoms with E-state index in [0.717, 1.165) is 29.2 Å². The number of carbonyl (C=O) groups excluding carboxylic acids is 1. The lowest BCUT2D eigenvalue weighted by Gasteiger charge is -2.30. The normalized spacial score (nSPS) is 13.1. The van der Waals surface area contributed by atoms with Crippen molar-refractivity contribution in [2.24, 2.45) is 0 Å². The van der Waals surface area contributed by atoms with Crippen LogP contribution in [0.5, 0.6) is 11.5 Å². The number of fused-ring (bicyclic) bond motifs is 1. The molecule has 0 fully saturated rings. The van der Waals surface area contributed by atoms with Crippen LogP contribution in [-0.4, -0.2) is 40.1 Å². The molecule has 0 atom stereocenters. The smallest absolute Gasteiger partial charge is 0.254 e. The maximum absolute atomic E-state index is 13.1. The van der Waals surface area contributed by atoms with E-state index in [-0.39, 0.29) is 5.91 Å². The van der Waals surface area contributed by atoms with Crippen molar-refractivity contribution in [3.63, 3.8) is 0 Å². The van der Waals surface area contributed by atoms with Crippen molar-refractivity contribution >= 4 is 18.1 Å². The summed E-state index contributed by atoms with van der Waals surface area (Å²) in [5.74, 6) is 1.54. The number of carbonyl (C=O) groups is 1. The van der Waals surface area contributed by atoms with Crippen molar-refractivity contribution in [3.05, 3.63) is 70.3 Å². The van der Waals surface area contributed by atoms with Crippen molar-refractivity contribution in [1.29, 1.82) is 0 Å². The van der Waals surface area contributed by atoms with Gasteiger partial charge in [-0.05, 0) is 80.0 Å². The molecule has 1 N–H and O–H groups in total. The maximum Gasteiger partial charge on any atom is 0.254 e. The molecule has 0 bridgehead atoms. The summed E-state index contributed by atoms with van der Waals surface area (Å²) < 4.78 is 14.0. The monoisotopic (exact) mass is 423 g/mol. The van der Waals surface area contributed by atoms with Crippen LogP contribution in [0.15, 0.2) is 48.8 Å². The first kappa shape index (κ1) is 20.2. The zero-order valence-electron chi connectivity index (χ0n) is 17.2. The van der Waals surface area contributed by atoms with Gasteiger partial charge in [-0.15, -0.1) is 0 Å². The second-order valence-corrected chi connectivity index (χ2v) is 7.48. The second kappa shape index (κ2) is 8.75. The van der Waals surface area contributed by atoms with E-state index >= 15 is 0 Å². The van der Waals surface area contributed by atoms with Crippen LogP contribution in [0.2, 0.25) is 0 Å². The topological polar surface area (TPSA) is 59.5 Å². The molecule has 4 rings (SSSR count). The molecule has 2 aromatic carbocycles. The number of nitrogens with zero attached hydrogens (tertiary/aromatic N) is 2. The molecule has 0 unspecified atom stereocenters. The van der Waals surface area contributed by atoms with Gasteiger partial charge in [-0.3, -0.25) is 9.36 Å². The van der Waals surface area contributed by atoms with Crippen LogP contribution < -0.4 is 9.47 Å². The van der Waals surface area contributed by atoms with Gasteiger partial charge in [0.2, 0.25) is 0 Å². The Labute approximate surface area is 181 Å². The van der Waals surface area contributed by atoms with Gasteiger partial charge in [-0.25, -0.2) is 0 Å². The van der Waals surface area contributed by atoms with Gasteiger partial charge in [-0.2, -0.15) is 0 Å². The van der Waals surface area contributed by atoms with Crippen LogP contribution in [0.1, 0.15) is 35.3 Å². The minimum absolute atomic E-state index is 0.0247. The maximum atomic E-state index is 13.1. The van der Waals surface area contributed by atoms with Crippen LogP contribution in [0.25, 0.3) is 5.69 Å². The van der Waals surface area contributed by atoms with Gasteiger partial charge in [0, 0.05) is 36.7 Å². The first-order chi connectivity index (χ1) is 14.6. The third-order valence-corrected chi connectivity index (χ3v) is 5.52. The standard InChI is InChI=1S/C23H25N3O3S/c1-3-28-20-13-17-9-11-25(15-18(17)14-21(20)29-4-2)22(27)16-5-7-19(8-6-16)26-12-10-24-23(26)30/h5-8,10,12-14H,3-4,9,11,15H2,1-2H3,(H,24,30). The average molecular weight is 424 g/mol.